The van der Waals surface area contributed by atoms with E-state index in [0.29, 0.717) is 20.9 Å². The highest BCUT2D eigenvalue weighted by atomic mass is 35.5. The zero-order valence-corrected chi connectivity index (χ0v) is 14.2. The SMILES string of the molecule is CS(=O)(=O)c1ccc2nc(NC(=O)c3ccnc(Cl)c3)sc2c1. The number of carbonyl (C=O) groups excluding carboxylic acids is 1. The molecule has 0 saturated carbocycles. The molecule has 0 aliphatic carbocycles. The molecule has 1 N–H and O–H groups in total. The molecular formula is C14H10ClN3O3S2. The van der Waals surface area contributed by atoms with Crippen LogP contribution in [0.5, 0.6) is 0 Å². The highest BCUT2D eigenvalue weighted by Gasteiger charge is 2.13. The van der Waals surface area contributed by atoms with Crippen molar-refractivity contribution < 1.29 is 13.2 Å². The maximum absolute atomic E-state index is 12.1. The Hall–Kier alpha value is -2.03. The maximum atomic E-state index is 12.1. The molecule has 1 amide bonds. The molecule has 0 fully saturated rings. The Morgan fingerprint density at radius 3 is 2.74 bits per heavy atom. The van der Waals surface area contributed by atoms with Gasteiger partial charge in [0.25, 0.3) is 5.91 Å². The molecule has 23 heavy (non-hydrogen) atoms. The largest absolute Gasteiger partial charge is 0.298 e. The van der Waals surface area contributed by atoms with Gasteiger partial charge in [-0.2, -0.15) is 0 Å². The third kappa shape index (κ3) is 3.49. The van der Waals surface area contributed by atoms with Crippen molar-refractivity contribution in [2.75, 3.05) is 11.6 Å². The molecular weight excluding hydrogens is 358 g/mol. The van der Waals surface area contributed by atoms with Crippen LogP contribution in [0, 0.1) is 0 Å². The van der Waals surface area contributed by atoms with Gasteiger partial charge in [0.05, 0.1) is 15.1 Å². The number of hydrogen-bond acceptors (Lipinski definition) is 6. The summed E-state index contributed by atoms with van der Waals surface area (Å²) in [6.07, 6.45) is 2.58. The van der Waals surface area contributed by atoms with E-state index in [9.17, 15) is 13.2 Å². The predicted molar refractivity (Wildman–Crippen MR) is 89.9 cm³/mol. The van der Waals surface area contributed by atoms with E-state index in [1.807, 2.05) is 0 Å². The second-order valence-electron chi connectivity index (χ2n) is 4.74. The lowest BCUT2D eigenvalue weighted by Gasteiger charge is -2.01. The minimum absolute atomic E-state index is 0.215. The third-order valence-electron chi connectivity index (χ3n) is 3.00. The van der Waals surface area contributed by atoms with Crippen molar-refractivity contribution in [1.29, 1.82) is 0 Å². The van der Waals surface area contributed by atoms with E-state index in [1.165, 1.54) is 35.7 Å². The number of nitrogens with zero attached hydrogens (tertiary/aromatic N) is 2. The first-order chi connectivity index (χ1) is 10.8. The maximum Gasteiger partial charge on any atom is 0.257 e. The number of hydrogen-bond donors (Lipinski definition) is 1. The second-order valence-corrected chi connectivity index (χ2v) is 8.18. The number of amides is 1. The van der Waals surface area contributed by atoms with E-state index in [1.54, 1.807) is 12.1 Å². The summed E-state index contributed by atoms with van der Waals surface area (Å²) in [7, 11) is -3.29. The van der Waals surface area contributed by atoms with E-state index in [-0.39, 0.29) is 16.0 Å². The number of thiazole rings is 1. The Morgan fingerprint density at radius 2 is 2.04 bits per heavy atom. The fourth-order valence-corrected chi connectivity index (χ4v) is 3.70. The molecule has 3 rings (SSSR count). The van der Waals surface area contributed by atoms with Crippen molar-refractivity contribution >= 4 is 54.0 Å². The van der Waals surface area contributed by atoms with Gasteiger partial charge in [-0.1, -0.05) is 22.9 Å². The van der Waals surface area contributed by atoms with Gasteiger partial charge < -0.3 is 0 Å². The van der Waals surface area contributed by atoms with Gasteiger partial charge in [0, 0.05) is 18.0 Å². The summed E-state index contributed by atoms with van der Waals surface area (Å²) in [6, 6.07) is 7.64. The summed E-state index contributed by atoms with van der Waals surface area (Å²) in [4.78, 5) is 20.4. The van der Waals surface area contributed by atoms with Gasteiger partial charge in [0.15, 0.2) is 15.0 Å². The van der Waals surface area contributed by atoms with Gasteiger partial charge in [-0.15, -0.1) is 0 Å². The normalized spacial score (nSPS) is 11.6. The number of nitrogens with one attached hydrogen (secondary N) is 1. The Labute approximate surface area is 141 Å². The monoisotopic (exact) mass is 367 g/mol. The molecule has 2 aromatic heterocycles. The second kappa shape index (κ2) is 5.88. The zero-order chi connectivity index (χ0) is 16.6. The van der Waals surface area contributed by atoms with Crippen LogP contribution in [0.3, 0.4) is 0 Å². The fourth-order valence-electron chi connectivity index (χ4n) is 1.90. The summed E-state index contributed by atoms with van der Waals surface area (Å²) in [6.45, 7) is 0. The Bertz CT molecular complexity index is 1020. The average Bonchev–Trinajstić information content (AvgIpc) is 2.87. The molecule has 0 aliphatic rings. The van der Waals surface area contributed by atoms with Crippen LogP contribution < -0.4 is 5.32 Å². The molecule has 3 aromatic rings. The fraction of sp³-hybridized carbons (Fsp3) is 0.0714. The molecule has 2 heterocycles. The highest BCUT2D eigenvalue weighted by Crippen LogP contribution is 2.28. The van der Waals surface area contributed by atoms with Crippen LogP contribution in [0.15, 0.2) is 41.4 Å². The van der Waals surface area contributed by atoms with Crippen molar-refractivity contribution in [2.45, 2.75) is 4.90 Å². The minimum Gasteiger partial charge on any atom is -0.298 e. The van der Waals surface area contributed by atoms with Crippen molar-refractivity contribution in [3.05, 3.63) is 47.2 Å². The average molecular weight is 368 g/mol. The van der Waals surface area contributed by atoms with Crippen LogP contribution >= 0.6 is 22.9 Å². The number of halogens is 1. The topological polar surface area (TPSA) is 89.0 Å². The summed E-state index contributed by atoms with van der Waals surface area (Å²) in [5, 5.41) is 3.27. The lowest BCUT2D eigenvalue weighted by molar-refractivity contribution is 0.102. The van der Waals surface area contributed by atoms with E-state index in [2.05, 4.69) is 15.3 Å². The molecule has 0 bridgehead atoms. The molecule has 9 heteroatoms. The number of fused-ring (bicyclic) bond motifs is 1. The standard InChI is InChI=1S/C14H10ClN3O3S2/c1-23(20,21)9-2-3-10-11(7-9)22-14(17-10)18-13(19)8-4-5-16-12(15)6-8/h2-7H,1H3,(H,17,18,19). The predicted octanol–water partition coefficient (Wildman–Crippen LogP) is 3.00. The van der Waals surface area contributed by atoms with Crippen molar-refractivity contribution in [2.24, 2.45) is 0 Å². The zero-order valence-electron chi connectivity index (χ0n) is 11.8. The number of carbonyl (C=O) groups is 1. The number of pyridine rings is 1. The summed E-state index contributed by atoms with van der Waals surface area (Å²) < 4.78 is 23.8. The van der Waals surface area contributed by atoms with E-state index in [0.717, 1.165) is 6.26 Å². The van der Waals surface area contributed by atoms with Crippen molar-refractivity contribution in [3.63, 3.8) is 0 Å². The number of aromatic nitrogens is 2. The summed E-state index contributed by atoms with van der Waals surface area (Å²) in [5.41, 5.74) is 0.978. The highest BCUT2D eigenvalue weighted by molar-refractivity contribution is 7.90. The number of rotatable bonds is 3. The smallest absolute Gasteiger partial charge is 0.257 e. The van der Waals surface area contributed by atoms with Gasteiger partial charge in [0.1, 0.15) is 5.15 Å². The van der Waals surface area contributed by atoms with Crippen molar-refractivity contribution in [1.82, 2.24) is 9.97 Å². The number of benzene rings is 1. The lowest BCUT2D eigenvalue weighted by Crippen LogP contribution is -2.11. The van der Waals surface area contributed by atoms with Gasteiger partial charge in [0.2, 0.25) is 0 Å². The summed E-state index contributed by atoms with van der Waals surface area (Å²) in [5.74, 6) is -0.364. The molecule has 118 valence electrons. The molecule has 0 atom stereocenters. The molecule has 1 aromatic carbocycles. The first-order valence-corrected chi connectivity index (χ1v) is 9.45. The van der Waals surface area contributed by atoms with Crippen LogP contribution in [0.2, 0.25) is 5.15 Å². The van der Waals surface area contributed by atoms with Crippen LogP contribution in [0.25, 0.3) is 10.2 Å². The minimum atomic E-state index is -3.29. The van der Waals surface area contributed by atoms with Crippen LogP contribution in [0.1, 0.15) is 10.4 Å². The van der Waals surface area contributed by atoms with Crippen LogP contribution in [-0.2, 0) is 9.84 Å². The molecule has 0 radical (unpaired) electrons. The molecule has 0 aliphatic heterocycles. The molecule has 0 saturated heterocycles. The third-order valence-corrected chi connectivity index (χ3v) is 5.25. The Balaban J connectivity index is 1.90. The Kier molecular flexibility index (Phi) is 4.05. The lowest BCUT2D eigenvalue weighted by atomic mass is 10.2. The number of sulfone groups is 1. The molecule has 0 spiro atoms. The first kappa shape index (κ1) is 15.9. The molecule has 6 nitrogen and oxygen atoms in total. The van der Waals surface area contributed by atoms with Gasteiger partial charge in [-0.25, -0.2) is 18.4 Å². The first-order valence-electron chi connectivity index (χ1n) is 6.36. The van der Waals surface area contributed by atoms with Crippen LogP contribution in [0.4, 0.5) is 5.13 Å². The molecule has 0 unspecified atom stereocenters. The van der Waals surface area contributed by atoms with Gasteiger partial charge in [-0.05, 0) is 30.3 Å². The van der Waals surface area contributed by atoms with E-state index >= 15 is 0 Å². The van der Waals surface area contributed by atoms with E-state index < -0.39 is 9.84 Å². The van der Waals surface area contributed by atoms with E-state index in [4.69, 9.17) is 11.6 Å². The quantitative estimate of drug-likeness (QED) is 0.719. The van der Waals surface area contributed by atoms with Gasteiger partial charge in [-0.3, -0.25) is 10.1 Å². The van der Waals surface area contributed by atoms with Crippen LogP contribution in [-0.4, -0.2) is 30.5 Å². The van der Waals surface area contributed by atoms with Crippen molar-refractivity contribution in [3.8, 4) is 0 Å². The Morgan fingerprint density at radius 1 is 1.26 bits per heavy atom. The summed E-state index contributed by atoms with van der Waals surface area (Å²) >= 11 is 6.95. The van der Waals surface area contributed by atoms with Gasteiger partial charge >= 0.3 is 0 Å². The number of anilines is 1.